The first-order chi connectivity index (χ1) is 15.5. The van der Waals surface area contributed by atoms with Crippen LogP contribution in [0.2, 0.25) is 0 Å². The van der Waals surface area contributed by atoms with E-state index in [4.69, 9.17) is 9.47 Å². The van der Waals surface area contributed by atoms with E-state index < -0.39 is 0 Å². The summed E-state index contributed by atoms with van der Waals surface area (Å²) in [7, 11) is 3.20. The Labute approximate surface area is 196 Å². The molecule has 32 heavy (non-hydrogen) atoms. The average Bonchev–Trinajstić information content (AvgIpc) is 3.08. The predicted octanol–water partition coefficient (Wildman–Crippen LogP) is 5.56. The summed E-state index contributed by atoms with van der Waals surface area (Å²) in [5.74, 6) is 0.744. The highest BCUT2D eigenvalue weighted by molar-refractivity contribution is 9.10. The summed E-state index contributed by atoms with van der Waals surface area (Å²) in [5.41, 5.74) is 3.42. The van der Waals surface area contributed by atoms with E-state index in [-0.39, 0.29) is 17.7 Å². The van der Waals surface area contributed by atoms with Crippen molar-refractivity contribution in [3.8, 4) is 11.5 Å². The van der Waals surface area contributed by atoms with Crippen LogP contribution in [-0.2, 0) is 11.2 Å². The number of hydrogen-bond acceptors (Lipinski definition) is 4. The summed E-state index contributed by atoms with van der Waals surface area (Å²) in [5, 5.41) is 10.9. The molecule has 0 bridgehead atoms. The summed E-state index contributed by atoms with van der Waals surface area (Å²) in [6.45, 7) is 0.440. The number of carbonyl (C=O) groups excluding carboxylic acids is 1. The Morgan fingerprint density at radius 2 is 1.62 bits per heavy atom. The fourth-order valence-corrected chi connectivity index (χ4v) is 4.34. The number of aliphatic hydroxyl groups excluding tert-OH is 1. The molecule has 3 aromatic rings. The Morgan fingerprint density at radius 3 is 2.28 bits per heavy atom. The topological polar surface area (TPSA) is 59.0 Å². The lowest BCUT2D eigenvalue weighted by Crippen LogP contribution is -2.32. The molecule has 1 aliphatic rings. The third-order valence-electron chi connectivity index (χ3n) is 5.66. The number of rotatable bonds is 7. The number of benzene rings is 3. The molecule has 6 heteroatoms. The molecule has 0 radical (unpaired) electrons. The summed E-state index contributed by atoms with van der Waals surface area (Å²) < 4.78 is 11.7. The molecular formula is C26H24BrNO4. The minimum atomic E-state index is -0.377. The van der Waals surface area contributed by atoms with Crippen LogP contribution in [-0.4, -0.2) is 36.7 Å². The van der Waals surface area contributed by atoms with Crippen molar-refractivity contribution in [2.24, 2.45) is 0 Å². The molecule has 3 aromatic carbocycles. The minimum Gasteiger partial charge on any atom is -0.503 e. The molecule has 1 aliphatic heterocycles. The highest BCUT2D eigenvalue weighted by atomic mass is 79.9. The first kappa shape index (κ1) is 22.0. The number of carbonyl (C=O) groups is 1. The van der Waals surface area contributed by atoms with Crippen LogP contribution in [0.25, 0.3) is 5.57 Å². The van der Waals surface area contributed by atoms with Crippen LogP contribution < -0.4 is 9.47 Å². The Bertz CT molecular complexity index is 1140. The van der Waals surface area contributed by atoms with E-state index in [0.29, 0.717) is 30.0 Å². The SMILES string of the molecule is COc1ccc(CCN2C(=O)C(O)=C(c3ccccc3)[C@H]2c2ccc(Br)cc2)cc1OC. The van der Waals surface area contributed by atoms with Crippen LogP contribution in [0, 0.1) is 0 Å². The van der Waals surface area contributed by atoms with Gasteiger partial charge < -0.3 is 19.5 Å². The lowest BCUT2D eigenvalue weighted by atomic mass is 9.93. The molecule has 0 saturated heterocycles. The van der Waals surface area contributed by atoms with Gasteiger partial charge in [0.05, 0.1) is 20.3 Å². The van der Waals surface area contributed by atoms with E-state index in [0.717, 1.165) is 21.2 Å². The van der Waals surface area contributed by atoms with E-state index in [9.17, 15) is 9.90 Å². The van der Waals surface area contributed by atoms with Gasteiger partial charge in [-0.05, 0) is 47.4 Å². The lowest BCUT2D eigenvalue weighted by molar-refractivity contribution is -0.129. The van der Waals surface area contributed by atoms with Gasteiger partial charge >= 0.3 is 0 Å². The number of ether oxygens (including phenoxy) is 2. The number of amides is 1. The molecular weight excluding hydrogens is 470 g/mol. The zero-order valence-electron chi connectivity index (χ0n) is 17.9. The van der Waals surface area contributed by atoms with Gasteiger partial charge in [0.1, 0.15) is 0 Å². The van der Waals surface area contributed by atoms with E-state index in [1.165, 1.54) is 0 Å². The highest BCUT2D eigenvalue weighted by Gasteiger charge is 2.40. The van der Waals surface area contributed by atoms with Crippen LogP contribution in [0.15, 0.2) is 83.0 Å². The van der Waals surface area contributed by atoms with Crippen molar-refractivity contribution in [3.05, 3.63) is 99.7 Å². The number of nitrogens with zero attached hydrogens (tertiary/aromatic N) is 1. The van der Waals surface area contributed by atoms with Gasteiger partial charge in [-0.3, -0.25) is 4.79 Å². The Morgan fingerprint density at radius 1 is 0.938 bits per heavy atom. The largest absolute Gasteiger partial charge is 0.503 e. The fourth-order valence-electron chi connectivity index (χ4n) is 4.07. The lowest BCUT2D eigenvalue weighted by Gasteiger charge is -2.27. The van der Waals surface area contributed by atoms with Crippen LogP contribution in [0.5, 0.6) is 11.5 Å². The third-order valence-corrected chi connectivity index (χ3v) is 6.19. The van der Waals surface area contributed by atoms with Crippen molar-refractivity contribution >= 4 is 27.4 Å². The first-order valence-corrected chi connectivity index (χ1v) is 11.1. The van der Waals surface area contributed by atoms with Crippen molar-refractivity contribution in [1.82, 2.24) is 4.90 Å². The quantitative estimate of drug-likeness (QED) is 0.467. The summed E-state index contributed by atoms with van der Waals surface area (Å²) in [6.07, 6.45) is 0.606. The van der Waals surface area contributed by atoms with Gasteiger partial charge in [0.25, 0.3) is 5.91 Å². The summed E-state index contributed by atoms with van der Waals surface area (Å²) in [6, 6.07) is 22.8. The molecule has 1 heterocycles. The molecule has 0 fully saturated rings. The van der Waals surface area contributed by atoms with Crippen LogP contribution in [0.4, 0.5) is 0 Å². The van der Waals surface area contributed by atoms with Crippen LogP contribution in [0.3, 0.4) is 0 Å². The Balaban J connectivity index is 1.68. The zero-order valence-corrected chi connectivity index (χ0v) is 19.5. The van der Waals surface area contributed by atoms with Gasteiger partial charge in [0, 0.05) is 16.6 Å². The Hall–Kier alpha value is -3.25. The second kappa shape index (κ2) is 9.49. The monoisotopic (exact) mass is 493 g/mol. The molecule has 0 unspecified atom stereocenters. The van der Waals surface area contributed by atoms with Gasteiger partial charge in [0.2, 0.25) is 0 Å². The fraction of sp³-hybridized carbons (Fsp3) is 0.192. The van der Waals surface area contributed by atoms with Crippen molar-refractivity contribution in [1.29, 1.82) is 0 Å². The van der Waals surface area contributed by atoms with Crippen molar-refractivity contribution < 1.29 is 19.4 Å². The molecule has 4 rings (SSSR count). The second-order valence-corrected chi connectivity index (χ2v) is 8.44. The predicted molar refractivity (Wildman–Crippen MR) is 128 cm³/mol. The number of methoxy groups -OCH3 is 2. The number of aliphatic hydroxyl groups is 1. The number of hydrogen-bond donors (Lipinski definition) is 1. The normalized spacial score (nSPS) is 15.9. The maximum absolute atomic E-state index is 13.1. The second-order valence-electron chi connectivity index (χ2n) is 7.52. The molecule has 0 spiro atoms. The van der Waals surface area contributed by atoms with Gasteiger partial charge in [-0.1, -0.05) is 64.5 Å². The number of halogens is 1. The molecule has 5 nitrogen and oxygen atoms in total. The summed E-state index contributed by atoms with van der Waals surface area (Å²) >= 11 is 3.48. The Kier molecular flexibility index (Phi) is 6.51. The van der Waals surface area contributed by atoms with Gasteiger partial charge in [-0.25, -0.2) is 0 Å². The molecule has 1 atom stereocenters. The molecule has 0 aromatic heterocycles. The molecule has 164 valence electrons. The van der Waals surface area contributed by atoms with E-state index in [1.54, 1.807) is 19.1 Å². The summed E-state index contributed by atoms with van der Waals surface area (Å²) in [4.78, 5) is 14.9. The van der Waals surface area contributed by atoms with Crippen molar-refractivity contribution in [2.45, 2.75) is 12.5 Å². The van der Waals surface area contributed by atoms with Crippen LogP contribution >= 0.6 is 15.9 Å². The van der Waals surface area contributed by atoms with E-state index in [2.05, 4.69) is 15.9 Å². The zero-order chi connectivity index (χ0) is 22.7. The average molecular weight is 494 g/mol. The maximum atomic E-state index is 13.1. The smallest absolute Gasteiger partial charge is 0.289 e. The standard InChI is InChI=1S/C26H24BrNO4/c1-31-21-13-8-17(16-22(21)32-2)14-15-28-24(19-9-11-20(27)12-10-19)23(25(29)26(28)30)18-6-4-3-5-7-18/h3-13,16,24,29H,14-15H2,1-2H3/t24-/m1/s1. The molecule has 0 saturated carbocycles. The molecule has 0 aliphatic carbocycles. The van der Waals surface area contributed by atoms with E-state index >= 15 is 0 Å². The first-order valence-electron chi connectivity index (χ1n) is 10.3. The van der Waals surface area contributed by atoms with Gasteiger partial charge in [-0.15, -0.1) is 0 Å². The van der Waals surface area contributed by atoms with Crippen LogP contribution in [0.1, 0.15) is 22.7 Å². The van der Waals surface area contributed by atoms with Crippen molar-refractivity contribution in [2.75, 3.05) is 20.8 Å². The van der Waals surface area contributed by atoms with Gasteiger partial charge in [0.15, 0.2) is 17.3 Å². The molecule has 1 N–H and O–H groups in total. The maximum Gasteiger partial charge on any atom is 0.289 e. The van der Waals surface area contributed by atoms with Crippen molar-refractivity contribution in [3.63, 3.8) is 0 Å². The molecule has 1 amide bonds. The van der Waals surface area contributed by atoms with Gasteiger partial charge in [-0.2, -0.15) is 0 Å². The minimum absolute atomic E-state index is 0.198. The highest BCUT2D eigenvalue weighted by Crippen LogP contribution is 2.43. The van der Waals surface area contributed by atoms with E-state index in [1.807, 2.05) is 72.8 Å². The third kappa shape index (κ3) is 4.23.